The van der Waals surface area contributed by atoms with Gasteiger partial charge in [-0.25, -0.2) is 17.5 Å². The van der Waals surface area contributed by atoms with Crippen molar-refractivity contribution in [3.05, 3.63) is 63.4 Å². The van der Waals surface area contributed by atoms with Crippen molar-refractivity contribution >= 4 is 33.0 Å². The zero-order valence-corrected chi connectivity index (χ0v) is 16.3. The van der Waals surface area contributed by atoms with E-state index in [1.165, 1.54) is 30.3 Å². The Morgan fingerprint density at radius 1 is 1.15 bits per heavy atom. The van der Waals surface area contributed by atoms with E-state index in [0.717, 1.165) is 12.1 Å². The van der Waals surface area contributed by atoms with Crippen LogP contribution in [0.1, 0.15) is 13.8 Å². The van der Waals surface area contributed by atoms with Gasteiger partial charge >= 0.3 is 0 Å². The van der Waals surface area contributed by atoms with Crippen LogP contribution < -0.4 is 10.0 Å². The van der Waals surface area contributed by atoms with Crippen LogP contribution in [0.2, 0.25) is 5.02 Å². The maximum absolute atomic E-state index is 12.9. The molecular formula is C17H19ClFN3O4S. The molecule has 0 radical (unpaired) electrons. The molecule has 2 aromatic rings. The van der Waals surface area contributed by atoms with Crippen molar-refractivity contribution in [2.24, 2.45) is 5.41 Å². The molecule has 0 heterocycles. The average molecular weight is 416 g/mol. The number of hydrogen-bond acceptors (Lipinski definition) is 5. The van der Waals surface area contributed by atoms with Crippen LogP contribution in [0.25, 0.3) is 0 Å². The predicted octanol–water partition coefficient (Wildman–Crippen LogP) is 3.80. The van der Waals surface area contributed by atoms with E-state index < -0.39 is 26.2 Å². The Kier molecular flexibility index (Phi) is 6.40. The molecule has 0 atom stereocenters. The molecule has 0 unspecified atom stereocenters. The fourth-order valence-electron chi connectivity index (χ4n) is 2.15. The summed E-state index contributed by atoms with van der Waals surface area (Å²) in [4.78, 5) is 10.2. The lowest BCUT2D eigenvalue weighted by molar-refractivity contribution is -0.384. The Balaban J connectivity index is 1.98. The van der Waals surface area contributed by atoms with Crippen molar-refractivity contribution in [1.82, 2.24) is 4.72 Å². The van der Waals surface area contributed by atoms with E-state index in [2.05, 4.69) is 10.0 Å². The molecule has 0 aromatic heterocycles. The highest BCUT2D eigenvalue weighted by molar-refractivity contribution is 7.89. The van der Waals surface area contributed by atoms with E-state index in [1.807, 2.05) is 13.8 Å². The van der Waals surface area contributed by atoms with Gasteiger partial charge in [-0.15, -0.1) is 0 Å². The molecule has 0 aliphatic heterocycles. The van der Waals surface area contributed by atoms with Crippen molar-refractivity contribution in [3.63, 3.8) is 0 Å². The number of benzene rings is 2. The van der Waals surface area contributed by atoms with Crippen LogP contribution >= 0.6 is 11.6 Å². The summed E-state index contributed by atoms with van der Waals surface area (Å²) in [6.45, 7) is 4.15. The molecule has 0 spiro atoms. The number of nitrogens with one attached hydrogen (secondary N) is 2. The van der Waals surface area contributed by atoms with E-state index in [4.69, 9.17) is 11.6 Å². The molecule has 0 saturated heterocycles. The third-order valence-corrected chi connectivity index (χ3v) is 5.52. The Labute approximate surface area is 161 Å². The van der Waals surface area contributed by atoms with Gasteiger partial charge in [-0.3, -0.25) is 10.1 Å². The van der Waals surface area contributed by atoms with Crippen molar-refractivity contribution in [3.8, 4) is 0 Å². The molecule has 2 aromatic carbocycles. The minimum Gasteiger partial charge on any atom is -0.383 e. The molecule has 0 aliphatic carbocycles. The molecule has 0 aliphatic rings. The summed E-state index contributed by atoms with van der Waals surface area (Å²) in [5, 5.41) is 14.0. The second-order valence-electron chi connectivity index (χ2n) is 6.72. The Hall–Kier alpha value is -2.23. The van der Waals surface area contributed by atoms with Crippen LogP contribution in [0.5, 0.6) is 0 Å². The highest BCUT2D eigenvalue weighted by Gasteiger charge is 2.23. The molecule has 0 amide bonds. The number of nitro groups is 1. The molecule has 0 fully saturated rings. The van der Waals surface area contributed by atoms with Crippen LogP contribution in [0.4, 0.5) is 15.8 Å². The van der Waals surface area contributed by atoms with Gasteiger partial charge < -0.3 is 5.32 Å². The number of rotatable bonds is 8. The topological polar surface area (TPSA) is 101 Å². The van der Waals surface area contributed by atoms with Gasteiger partial charge in [0.1, 0.15) is 5.82 Å². The lowest BCUT2D eigenvalue weighted by atomic mass is 9.94. The summed E-state index contributed by atoms with van der Waals surface area (Å²) in [5.41, 5.74) is -0.105. The standard InChI is InChI=1S/C17H19ClFN3O4S/c1-17(2,10-20-16-8-5-13(22(23)24)9-15(16)18)11-21-27(25,26)14-6-3-12(19)4-7-14/h3-9,20-21H,10-11H2,1-2H3. The number of halogens is 2. The summed E-state index contributed by atoms with van der Waals surface area (Å²) >= 11 is 6.04. The monoisotopic (exact) mass is 415 g/mol. The fourth-order valence-corrected chi connectivity index (χ4v) is 3.63. The van der Waals surface area contributed by atoms with Crippen LogP contribution in [-0.4, -0.2) is 26.4 Å². The maximum atomic E-state index is 12.9. The number of hydrogen-bond donors (Lipinski definition) is 2. The summed E-state index contributed by atoms with van der Waals surface area (Å²) in [6.07, 6.45) is 0. The second kappa shape index (κ2) is 8.20. The number of nitrogens with zero attached hydrogens (tertiary/aromatic N) is 1. The summed E-state index contributed by atoms with van der Waals surface area (Å²) in [7, 11) is -3.76. The van der Waals surface area contributed by atoms with Crippen LogP contribution in [-0.2, 0) is 10.0 Å². The molecule has 27 heavy (non-hydrogen) atoms. The first-order chi connectivity index (χ1) is 12.5. The van der Waals surface area contributed by atoms with Gasteiger partial charge in [-0.1, -0.05) is 25.4 Å². The molecule has 10 heteroatoms. The molecule has 0 saturated carbocycles. The molecular weight excluding hydrogens is 397 g/mol. The van der Waals surface area contributed by atoms with Crippen LogP contribution in [0, 0.1) is 21.3 Å². The lowest BCUT2D eigenvalue weighted by Gasteiger charge is -2.26. The van der Waals surface area contributed by atoms with E-state index in [-0.39, 0.29) is 22.2 Å². The minimum atomic E-state index is -3.76. The van der Waals surface area contributed by atoms with Crippen molar-refractivity contribution in [2.75, 3.05) is 18.4 Å². The molecule has 146 valence electrons. The molecule has 7 nitrogen and oxygen atoms in total. The quantitative estimate of drug-likeness (QED) is 0.504. The van der Waals surface area contributed by atoms with E-state index in [9.17, 15) is 22.9 Å². The highest BCUT2D eigenvalue weighted by atomic mass is 35.5. The van der Waals surface area contributed by atoms with Gasteiger partial charge in [0.2, 0.25) is 10.0 Å². The van der Waals surface area contributed by atoms with Crippen LogP contribution in [0.3, 0.4) is 0 Å². The fraction of sp³-hybridized carbons (Fsp3) is 0.294. The molecule has 2 N–H and O–H groups in total. The van der Waals surface area contributed by atoms with Crippen molar-refractivity contribution < 1.29 is 17.7 Å². The second-order valence-corrected chi connectivity index (χ2v) is 8.89. The van der Waals surface area contributed by atoms with E-state index in [1.54, 1.807) is 0 Å². The SMILES string of the molecule is CC(C)(CNc1ccc([N+](=O)[O-])cc1Cl)CNS(=O)(=O)c1ccc(F)cc1. The number of nitro benzene ring substituents is 1. The number of non-ortho nitro benzene ring substituents is 1. The smallest absolute Gasteiger partial charge is 0.271 e. The first-order valence-electron chi connectivity index (χ1n) is 7.93. The van der Waals surface area contributed by atoms with Crippen molar-refractivity contribution in [1.29, 1.82) is 0 Å². The minimum absolute atomic E-state index is 0.0222. The summed E-state index contributed by atoms with van der Waals surface area (Å²) < 4.78 is 40.0. The third kappa shape index (κ3) is 5.88. The van der Waals surface area contributed by atoms with Gasteiger partial charge in [0.05, 0.1) is 20.5 Å². The largest absolute Gasteiger partial charge is 0.383 e. The lowest BCUT2D eigenvalue weighted by Crippen LogP contribution is -2.38. The van der Waals surface area contributed by atoms with Gasteiger partial charge in [0, 0.05) is 25.2 Å². The van der Waals surface area contributed by atoms with Gasteiger partial charge in [0.15, 0.2) is 0 Å². The van der Waals surface area contributed by atoms with Crippen LogP contribution in [0.15, 0.2) is 47.4 Å². The third-order valence-electron chi connectivity index (χ3n) is 3.79. The molecule has 0 bridgehead atoms. The predicted molar refractivity (Wildman–Crippen MR) is 102 cm³/mol. The van der Waals surface area contributed by atoms with E-state index in [0.29, 0.717) is 12.2 Å². The first-order valence-corrected chi connectivity index (χ1v) is 9.79. The normalized spacial score (nSPS) is 12.0. The maximum Gasteiger partial charge on any atom is 0.271 e. The Morgan fingerprint density at radius 3 is 2.33 bits per heavy atom. The van der Waals surface area contributed by atoms with E-state index >= 15 is 0 Å². The van der Waals surface area contributed by atoms with Gasteiger partial charge in [-0.05, 0) is 35.7 Å². The average Bonchev–Trinajstić information content (AvgIpc) is 2.59. The number of anilines is 1. The molecule has 2 rings (SSSR count). The first kappa shape index (κ1) is 21.1. The number of sulfonamides is 1. The Bertz CT molecular complexity index is 934. The van der Waals surface area contributed by atoms with Crippen molar-refractivity contribution in [2.45, 2.75) is 18.7 Å². The zero-order valence-electron chi connectivity index (χ0n) is 14.7. The summed E-state index contributed by atoms with van der Waals surface area (Å²) in [6, 6.07) is 8.63. The highest BCUT2D eigenvalue weighted by Crippen LogP contribution is 2.28. The summed E-state index contributed by atoms with van der Waals surface area (Å²) in [5.74, 6) is -0.515. The Morgan fingerprint density at radius 2 is 1.78 bits per heavy atom. The van der Waals surface area contributed by atoms with Gasteiger partial charge in [0.25, 0.3) is 5.69 Å². The zero-order chi connectivity index (χ0) is 20.2. The van der Waals surface area contributed by atoms with Gasteiger partial charge in [-0.2, -0.15) is 0 Å².